The van der Waals surface area contributed by atoms with Gasteiger partial charge in [-0.2, -0.15) is 0 Å². The van der Waals surface area contributed by atoms with Crippen molar-refractivity contribution >= 4 is 11.6 Å². The summed E-state index contributed by atoms with van der Waals surface area (Å²) in [5.74, 6) is -0.368. The van der Waals surface area contributed by atoms with Gasteiger partial charge in [-0.1, -0.05) is 6.92 Å². The van der Waals surface area contributed by atoms with Gasteiger partial charge >= 0.3 is 0 Å². The zero-order chi connectivity index (χ0) is 12.3. The predicted octanol–water partition coefficient (Wildman–Crippen LogP) is 0.927. The number of rotatable bonds is 3. The topological polar surface area (TPSA) is 49.6 Å². The quantitative estimate of drug-likeness (QED) is 0.845. The number of carbonyl (C=O) groups is 1. The largest absolute Gasteiger partial charge is 0.369 e. The van der Waals surface area contributed by atoms with E-state index in [-0.39, 0.29) is 5.91 Å². The molecule has 1 aromatic carbocycles. The molecule has 1 fully saturated rings. The van der Waals surface area contributed by atoms with Crippen LogP contribution in [-0.4, -0.2) is 43.5 Å². The van der Waals surface area contributed by atoms with Crippen LogP contribution in [0.4, 0.5) is 5.69 Å². The van der Waals surface area contributed by atoms with Gasteiger partial charge in [0.25, 0.3) is 0 Å². The number of nitrogens with two attached hydrogens (primary N) is 1. The van der Waals surface area contributed by atoms with Gasteiger partial charge in [0.05, 0.1) is 0 Å². The fourth-order valence-electron chi connectivity index (χ4n) is 2.16. The van der Waals surface area contributed by atoms with Gasteiger partial charge in [-0.3, -0.25) is 4.79 Å². The van der Waals surface area contributed by atoms with Gasteiger partial charge in [-0.15, -0.1) is 0 Å². The number of piperazine rings is 1. The molecule has 4 nitrogen and oxygen atoms in total. The third-order valence-electron chi connectivity index (χ3n) is 3.34. The van der Waals surface area contributed by atoms with E-state index in [4.69, 9.17) is 5.73 Å². The monoisotopic (exact) mass is 233 g/mol. The number of carbonyl (C=O) groups excluding carboxylic acids is 1. The molecule has 1 aliphatic heterocycles. The minimum absolute atomic E-state index is 0.368. The second-order valence-corrected chi connectivity index (χ2v) is 4.33. The molecule has 1 amide bonds. The maximum Gasteiger partial charge on any atom is 0.248 e. The zero-order valence-electron chi connectivity index (χ0n) is 10.2. The summed E-state index contributed by atoms with van der Waals surface area (Å²) in [5, 5.41) is 0. The number of hydrogen-bond donors (Lipinski definition) is 1. The van der Waals surface area contributed by atoms with Gasteiger partial charge < -0.3 is 15.5 Å². The maximum absolute atomic E-state index is 11.0. The molecule has 1 saturated heterocycles. The molecule has 2 N–H and O–H groups in total. The van der Waals surface area contributed by atoms with Crippen molar-refractivity contribution in [1.82, 2.24) is 4.90 Å². The minimum atomic E-state index is -0.368. The first kappa shape index (κ1) is 11.9. The Kier molecular flexibility index (Phi) is 3.64. The molecule has 4 heteroatoms. The van der Waals surface area contributed by atoms with Crippen molar-refractivity contribution in [3.8, 4) is 0 Å². The van der Waals surface area contributed by atoms with E-state index < -0.39 is 0 Å². The molecule has 0 aromatic heterocycles. The average Bonchev–Trinajstić information content (AvgIpc) is 2.39. The molecular formula is C13H19N3O. The van der Waals surface area contributed by atoms with Gasteiger partial charge in [-0.25, -0.2) is 0 Å². The third-order valence-corrected chi connectivity index (χ3v) is 3.34. The fraction of sp³-hybridized carbons (Fsp3) is 0.462. The molecule has 0 unspecified atom stereocenters. The molecule has 1 aliphatic rings. The number of likely N-dealkylation sites (N-methyl/N-ethyl adjacent to an activating group) is 1. The van der Waals surface area contributed by atoms with E-state index in [0.29, 0.717) is 5.56 Å². The maximum atomic E-state index is 11.0. The van der Waals surface area contributed by atoms with Crippen molar-refractivity contribution in [2.45, 2.75) is 6.92 Å². The summed E-state index contributed by atoms with van der Waals surface area (Å²) in [6, 6.07) is 7.54. The second kappa shape index (κ2) is 5.19. The number of benzene rings is 1. The van der Waals surface area contributed by atoms with Crippen LogP contribution < -0.4 is 10.6 Å². The predicted molar refractivity (Wildman–Crippen MR) is 69.3 cm³/mol. The van der Waals surface area contributed by atoms with Crippen LogP contribution in [0.1, 0.15) is 17.3 Å². The Morgan fingerprint density at radius 1 is 1.18 bits per heavy atom. The number of primary amides is 1. The molecule has 1 aromatic rings. The van der Waals surface area contributed by atoms with Crippen LogP contribution in [0.3, 0.4) is 0 Å². The standard InChI is InChI=1S/C13H19N3O/c1-2-15-7-9-16(10-8-15)12-5-3-11(4-6-12)13(14)17/h3-6H,2,7-10H2,1H3,(H2,14,17). The first-order chi connectivity index (χ1) is 8.20. The van der Waals surface area contributed by atoms with Crippen molar-refractivity contribution in [2.75, 3.05) is 37.6 Å². The van der Waals surface area contributed by atoms with Crippen molar-refractivity contribution in [1.29, 1.82) is 0 Å². The zero-order valence-corrected chi connectivity index (χ0v) is 10.2. The fourth-order valence-corrected chi connectivity index (χ4v) is 2.16. The Balaban J connectivity index is 2.01. The summed E-state index contributed by atoms with van der Waals surface area (Å²) in [6.07, 6.45) is 0. The summed E-state index contributed by atoms with van der Waals surface area (Å²) < 4.78 is 0. The lowest BCUT2D eigenvalue weighted by Crippen LogP contribution is -2.46. The van der Waals surface area contributed by atoms with Crippen molar-refractivity contribution < 1.29 is 4.79 Å². The van der Waals surface area contributed by atoms with Crippen LogP contribution >= 0.6 is 0 Å². The highest BCUT2D eigenvalue weighted by Gasteiger charge is 2.15. The SMILES string of the molecule is CCN1CCN(c2ccc(C(N)=O)cc2)CC1. The first-order valence-electron chi connectivity index (χ1n) is 6.08. The van der Waals surface area contributed by atoms with Gasteiger partial charge in [-0.05, 0) is 30.8 Å². The Hall–Kier alpha value is -1.55. The van der Waals surface area contributed by atoms with Crippen LogP contribution in [0.25, 0.3) is 0 Å². The average molecular weight is 233 g/mol. The summed E-state index contributed by atoms with van der Waals surface area (Å²) in [6.45, 7) is 7.61. The van der Waals surface area contributed by atoms with E-state index in [0.717, 1.165) is 32.7 Å². The van der Waals surface area contributed by atoms with E-state index in [1.807, 2.05) is 12.1 Å². The number of anilines is 1. The highest BCUT2D eigenvalue weighted by Crippen LogP contribution is 2.17. The van der Waals surface area contributed by atoms with Gasteiger partial charge in [0.15, 0.2) is 0 Å². The summed E-state index contributed by atoms with van der Waals surface area (Å²) in [7, 11) is 0. The lowest BCUT2D eigenvalue weighted by molar-refractivity contribution is 0.100. The second-order valence-electron chi connectivity index (χ2n) is 4.33. The van der Waals surface area contributed by atoms with Crippen LogP contribution in [0, 0.1) is 0 Å². The molecule has 0 bridgehead atoms. The van der Waals surface area contributed by atoms with E-state index in [9.17, 15) is 4.79 Å². The highest BCUT2D eigenvalue weighted by atomic mass is 16.1. The Labute approximate surface area is 102 Å². The van der Waals surface area contributed by atoms with Crippen molar-refractivity contribution in [2.24, 2.45) is 5.73 Å². The Bertz CT molecular complexity index is 380. The van der Waals surface area contributed by atoms with Crippen molar-refractivity contribution in [3.63, 3.8) is 0 Å². The molecular weight excluding hydrogens is 214 g/mol. The van der Waals surface area contributed by atoms with E-state index >= 15 is 0 Å². The van der Waals surface area contributed by atoms with Crippen LogP contribution in [-0.2, 0) is 0 Å². The van der Waals surface area contributed by atoms with E-state index in [2.05, 4.69) is 16.7 Å². The molecule has 0 saturated carbocycles. The van der Waals surface area contributed by atoms with Gasteiger partial charge in [0.2, 0.25) is 5.91 Å². The molecule has 1 heterocycles. The molecule has 2 rings (SSSR count). The van der Waals surface area contributed by atoms with Gasteiger partial charge in [0.1, 0.15) is 0 Å². The molecule has 92 valence electrons. The normalized spacial score (nSPS) is 17.1. The summed E-state index contributed by atoms with van der Waals surface area (Å²) in [5.41, 5.74) is 6.96. The van der Waals surface area contributed by atoms with Crippen LogP contribution in [0.5, 0.6) is 0 Å². The summed E-state index contributed by atoms with van der Waals surface area (Å²) in [4.78, 5) is 15.8. The van der Waals surface area contributed by atoms with E-state index in [1.54, 1.807) is 12.1 Å². The van der Waals surface area contributed by atoms with E-state index in [1.165, 1.54) is 5.69 Å². The number of hydrogen-bond acceptors (Lipinski definition) is 3. The Morgan fingerprint density at radius 2 is 1.76 bits per heavy atom. The van der Waals surface area contributed by atoms with Crippen LogP contribution in [0.15, 0.2) is 24.3 Å². The van der Waals surface area contributed by atoms with Crippen molar-refractivity contribution in [3.05, 3.63) is 29.8 Å². The smallest absolute Gasteiger partial charge is 0.248 e. The molecule has 0 spiro atoms. The van der Waals surface area contributed by atoms with Crippen LogP contribution in [0.2, 0.25) is 0 Å². The lowest BCUT2D eigenvalue weighted by atomic mass is 10.1. The molecule has 0 radical (unpaired) electrons. The molecule has 0 atom stereocenters. The number of nitrogens with zero attached hydrogens (tertiary/aromatic N) is 2. The first-order valence-corrected chi connectivity index (χ1v) is 6.08. The van der Waals surface area contributed by atoms with Gasteiger partial charge in [0, 0.05) is 37.4 Å². The molecule has 0 aliphatic carbocycles. The number of amides is 1. The lowest BCUT2D eigenvalue weighted by Gasteiger charge is -2.35. The summed E-state index contributed by atoms with van der Waals surface area (Å²) >= 11 is 0. The third kappa shape index (κ3) is 2.77. The Morgan fingerprint density at radius 3 is 2.24 bits per heavy atom. The molecule has 17 heavy (non-hydrogen) atoms. The minimum Gasteiger partial charge on any atom is -0.369 e. The highest BCUT2D eigenvalue weighted by molar-refractivity contribution is 5.93.